The lowest BCUT2D eigenvalue weighted by Crippen LogP contribution is -2.45. The number of carbonyl (C=O) groups excluding carboxylic acids is 2. The quantitative estimate of drug-likeness (QED) is 0.699. The third-order valence-corrected chi connectivity index (χ3v) is 3.41. The molecule has 1 aliphatic heterocycles. The summed E-state index contributed by atoms with van der Waals surface area (Å²) in [6.45, 7) is 1.20. The van der Waals surface area contributed by atoms with Gasteiger partial charge in [-0.05, 0) is 25.7 Å². The standard InChI is InChI=1S/C12H20N2O3/c15-11(13-8-10-6-3-7-17-10)12(16)14-9-4-1-2-5-9/h9-10H,1-8H2,(H,13,15)(H,14,16)/t10-/m1/s1. The van der Waals surface area contributed by atoms with Crippen molar-refractivity contribution >= 4 is 11.8 Å². The summed E-state index contributed by atoms with van der Waals surface area (Å²) in [6, 6.07) is 0.191. The molecule has 1 atom stereocenters. The van der Waals surface area contributed by atoms with E-state index in [0.29, 0.717) is 6.54 Å². The van der Waals surface area contributed by atoms with Crippen molar-refractivity contribution in [2.45, 2.75) is 50.7 Å². The number of carbonyl (C=O) groups is 2. The van der Waals surface area contributed by atoms with Crippen LogP contribution in [0.3, 0.4) is 0 Å². The number of hydrogen-bond donors (Lipinski definition) is 2. The summed E-state index contributed by atoms with van der Waals surface area (Å²) < 4.78 is 5.37. The van der Waals surface area contributed by atoms with Crippen LogP contribution in [-0.4, -0.2) is 37.1 Å². The van der Waals surface area contributed by atoms with Gasteiger partial charge in [0.25, 0.3) is 0 Å². The predicted octanol–water partition coefficient (Wildman–Crippen LogP) is 0.340. The topological polar surface area (TPSA) is 67.4 Å². The molecule has 1 saturated heterocycles. The maximum Gasteiger partial charge on any atom is 0.309 e. The van der Waals surface area contributed by atoms with Crippen molar-refractivity contribution < 1.29 is 14.3 Å². The summed E-state index contributed by atoms with van der Waals surface area (Å²) in [5.41, 5.74) is 0. The van der Waals surface area contributed by atoms with Gasteiger partial charge in [-0.3, -0.25) is 9.59 Å². The van der Waals surface area contributed by atoms with Crippen LogP contribution in [0.15, 0.2) is 0 Å². The maximum absolute atomic E-state index is 11.5. The van der Waals surface area contributed by atoms with Crippen molar-refractivity contribution in [2.24, 2.45) is 0 Å². The van der Waals surface area contributed by atoms with Crippen molar-refractivity contribution in [1.29, 1.82) is 0 Å². The number of hydrogen-bond acceptors (Lipinski definition) is 3. The van der Waals surface area contributed by atoms with Crippen LogP contribution in [0, 0.1) is 0 Å². The third-order valence-electron chi connectivity index (χ3n) is 3.41. The summed E-state index contributed by atoms with van der Waals surface area (Å²) in [5, 5.41) is 5.38. The molecule has 1 saturated carbocycles. The predicted molar refractivity (Wildman–Crippen MR) is 62.4 cm³/mol. The van der Waals surface area contributed by atoms with Gasteiger partial charge in [-0.2, -0.15) is 0 Å². The van der Waals surface area contributed by atoms with Gasteiger partial charge < -0.3 is 15.4 Å². The van der Waals surface area contributed by atoms with E-state index in [-0.39, 0.29) is 12.1 Å². The second kappa shape index (κ2) is 6.00. The monoisotopic (exact) mass is 240 g/mol. The van der Waals surface area contributed by atoms with Gasteiger partial charge in [0, 0.05) is 19.2 Å². The summed E-state index contributed by atoms with van der Waals surface area (Å²) in [4.78, 5) is 23.0. The van der Waals surface area contributed by atoms with Crippen LogP contribution in [0.25, 0.3) is 0 Å². The van der Waals surface area contributed by atoms with E-state index in [4.69, 9.17) is 4.74 Å². The van der Waals surface area contributed by atoms with Crippen LogP contribution in [-0.2, 0) is 14.3 Å². The molecule has 2 N–H and O–H groups in total. The molecule has 2 fully saturated rings. The van der Waals surface area contributed by atoms with Gasteiger partial charge in [0.1, 0.15) is 0 Å². The Morgan fingerprint density at radius 1 is 1.06 bits per heavy atom. The van der Waals surface area contributed by atoms with Crippen LogP contribution < -0.4 is 10.6 Å². The molecule has 2 amide bonds. The zero-order valence-electron chi connectivity index (χ0n) is 10.0. The highest BCUT2D eigenvalue weighted by atomic mass is 16.5. The molecule has 5 heteroatoms. The lowest BCUT2D eigenvalue weighted by atomic mass is 10.2. The van der Waals surface area contributed by atoms with Crippen LogP contribution in [0.1, 0.15) is 38.5 Å². The summed E-state index contributed by atoms with van der Waals surface area (Å²) >= 11 is 0. The highest BCUT2D eigenvalue weighted by Gasteiger charge is 2.22. The summed E-state index contributed by atoms with van der Waals surface area (Å²) in [7, 11) is 0. The molecule has 1 heterocycles. The Morgan fingerprint density at radius 3 is 2.47 bits per heavy atom. The number of amides is 2. The molecular formula is C12H20N2O3. The van der Waals surface area contributed by atoms with E-state index in [1.165, 1.54) is 0 Å². The molecule has 2 rings (SSSR count). The van der Waals surface area contributed by atoms with Crippen LogP contribution in [0.5, 0.6) is 0 Å². The van der Waals surface area contributed by atoms with E-state index in [9.17, 15) is 9.59 Å². The largest absolute Gasteiger partial charge is 0.376 e. The molecule has 0 aromatic heterocycles. The smallest absolute Gasteiger partial charge is 0.309 e. The van der Waals surface area contributed by atoms with Gasteiger partial charge in [0.15, 0.2) is 0 Å². The van der Waals surface area contributed by atoms with Crippen molar-refractivity contribution in [1.82, 2.24) is 10.6 Å². The highest BCUT2D eigenvalue weighted by Crippen LogP contribution is 2.17. The first-order chi connectivity index (χ1) is 8.25. The average Bonchev–Trinajstić information content (AvgIpc) is 2.98. The first kappa shape index (κ1) is 12.4. The normalized spacial score (nSPS) is 24.8. The van der Waals surface area contributed by atoms with Crippen molar-refractivity contribution in [3.05, 3.63) is 0 Å². The third kappa shape index (κ3) is 3.70. The van der Waals surface area contributed by atoms with Crippen LogP contribution >= 0.6 is 0 Å². The minimum absolute atomic E-state index is 0.0817. The Labute approximate surface area is 101 Å². The van der Waals surface area contributed by atoms with E-state index < -0.39 is 11.8 Å². The molecule has 17 heavy (non-hydrogen) atoms. The molecule has 1 aliphatic carbocycles. The van der Waals surface area contributed by atoms with Crippen LogP contribution in [0.2, 0.25) is 0 Å². The van der Waals surface area contributed by atoms with Gasteiger partial charge >= 0.3 is 11.8 Å². The fraction of sp³-hybridized carbons (Fsp3) is 0.833. The highest BCUT2D eigenvalue weighted by molar-refractivity contribution is 6.35. The molecule has 0 spiro atoms. The number of nitrogens with one attached hydrogen (secondary N) is 2. The minimum Gasteiger partial charge on any atom is -0.376 e. The number of ether oxygens (including phenoxy) is 1. The first-order valence-corrected chi connectivity index (χ1v) is 6.46. The van der Waals surface area contributed by atoms with Gasteiger partial charge in [-0.1, -0.05) is 12.8 Å². The molecule has 96 valence electrons. The zero-order chi connectivity index (χ0) is 12.1. The second-order valence-electron chi connectivity index (χ2n) is 4.80. The summed E-state index contributed by atoms with van der Waals surface area (Å²) in [6.07, 6.45) is 6.35. The van der Waals surface area contributed by atoms with E-state index in [0.717, 1.165) is 45.1 Å². The lowest BCUT2D eigenvalue weighted by Gasteiger charge is -2.13. The fourth-order valence-corrected chi connectivity index (χ4v) is 2.41. The van der Waals surface area contributed by atoms with Crippen molar-refractivity contribution in [2.75, 3.05) is 13.2 Å². The SMILES string of the molecule is O=C(NC[C@H]1CCCO1)C(=O)NC1CCCC1. The van der Waals surface area contributed by atoms with Gasteiger partial charge in [0.2, 0.25) is 0 Å². The minimum atomic E-state index is -0.535. The number of rotatable bonds is 3. The van der Waals surface area contributed by atoms with Gasteiger partial charge in [0.05, 0.1) is 6.10 Å². The Balaban J connectivity index is 1.65. The van der Waals surface area contributed by atoms with E-state index >= 15 is 0 Å². The molecule has 0 bridgehead atoms. The Kier molecular flexibility index (Phi) is 4.36. The van der Waals surface area contributed by atoms with E-state index in [1.807, 2.05) is 0 Å². The van der Waals surface area contributed by atoms with Crippen LogP contribution in [0.4, 0.5) is 0 Å². The summed E-state index contributed by atoms with van der Waals surface area (Å²) in [5.74, 6) is -1.04. The van der Waals surface area contributed by atoms with Crippen molar-refractivity contribution in [3.63, 3.8) is 0 Å². The Bertz CT molecular complexity index is 281. The molecule has 5 nitrogen and oxygen atoms in total. The second-order valence-corrected chi connectivity index (χ2v) is 4.80. The Morgan fingerprint density at radius 2 is 1.82 bits per heavy atom. The molecule has 0 aromatic rings. The maximum atomic E-state index is 11.5. The molecule has 0 radical (unpaired) electrons. The first-order valence-electron chi connectivity index (χ1n) is 6.46. The van der Waals surface area contributed by atoms with E-state index in [2.05, 4.69) is 10.6 Å². The molecule has 0 aromatic carbocycles. The molecular weight excluding hydrogens is 220 g/mol. The Hall–Kier alpha value is -1.10. The molecule has 0 unspecified atom stereocenters. The van der Waals surface area contributed by atoms with Crippen molar-refractivity contribution in [3.8, 4) is 0 Å². The average molecular weight is 240 g/mol. The van der Waals surface area contributed by atoms with Gasteiger partial charge in [-0.15, -0.1) is 0 Å². The van der Waals surface area contributed by atoms with E-state index in [1.54, 1.807) is 0 Å². The lowest BCUT2D eigenvalue weighted by molar-refractivity contribution is -0.139. The van der Waals surface area contributed by atoms with Gasteiger partial charge in [-0.25, -0.2) is 0 Å². The molecule has 2 aliphatic rings. The zero-order valence-corrected chi connectivity index (χ0v) is 10.0. The fourth-order valence-electron chi connectivity index (χ4n) is 2.41.